The highest BCUT2D eigenvalue weighted by Gasteiger charge is 2.18. The Bertz CT molecular complexity index is 633. The third-order valence-corrected chi connectivity index (χ3v) is 3.39. The number of nitrogen functional groups attached to an aromatic ring is 1. The Morgan fingerprint density at radius 1 is 1.35 bits per heavy atom. The van der Waals surface area contributed by atoms with Crippen LogP contribution in [0.25, 0.3) is 0 Å². The van der Waals surface area contributed by atoms with Crippen molar-refractivity contribution in [3.05, 3.63) is 39.6 Å². The summed E-state index contributed by atoms with van der Waals surface area (Å²) < 4.78 is 1.44. The van der Waals surface area contributed by atoms with Crippen LogP contribution < -0.4 is 11.1 Å². The van der Waals surface area contributed by atoms with Crippen molar-refractivity contribution in [3.8, 4) is 0 Å². The maximum absolute atomic E-state index is 12.1. The zero-order valence-electron chi connectivity index (χ0n) is 10.4. The summed E-state index contributed by atoms with van der Waals surface area (Å²) in [6.07, 6.45) is 3.01. The van der Waals surface area contributed by atoms with Gasteiger partial charge in [-0.15, -0.1) is 0 Å². The van der Waals surface area contributed by atoms with E-state index < -0.39 is 6.04 Å². The number of nitrogens with two attached hydrogens (primary N) is 1. The molecule has 2 rings (SSSR count). The molecule has 8 heteroatoms. The number of nitrogens with zero attached hydrogens (tertiary/aromatic N) is 2. The third-order valence-electron chi connectivity index (χ3n) is 2.68. The highest BCUT2D eigenvalue weighted by atomic mass is 35.5. The molecule has 0 fully saturated rings. The predicted octanol–water partition coefficient (Wildman–Crippen LogP) is 3.63. The van der Waals surface area contributed by atoms with Gasteiger partial charge in [0.25, 0.3) is 0 Å². The van der Waals surface area contributed by atoms with Crippen LogP contribution in [-0.2, 0) is 4.79 Å². The zero-order chi connectivity index (χ0) is 14.9. The van der Waals surface area contributed by atoms with Crippen LogP contribution in [0, 0.1) is 0 Å². The van der Waals surface area contributed by atoms with E-state index in [0.717, 1.165) is 0 Å². The van der Waals surface area contributed by atoms with E-state index in [0.29, 0.717) is 21.4 Å². The predicted molar refractivity (Wildman–Crippen MR) is 81.5 cm³/mol. The van der Waals surface area contributed by atoms with Crippen molar-refractivity contribution in [3.63, 3.8) is 0 Å². The highest BCUT2D eigenvalue weighted by molar-refractivity contribution is 6.37. The van der Waals surface area contributed by atoms with Gasteiger partial charge in [-0.25, -0.2) is 0 Å². The molecule has 1 unspecified atom stereocenters. The second-order valence-electron chi connectivity index (χ2n) is 4.16. The van der Waals surface area contributed by atoms with Gasteiger partial charge in [0.2, 0.25) is 5.91 Å². The Morgan fingerprint density at radius 2 is 2.05 bits per heavy atom. The van der Waals surface area contributed by atoms with Crippen LogP contribution in [0.1, 0.15) is 13.0 Å². The minimum absolute atomic E-state index is 0.272. The quantitative estimate of drug-likeness (QED) is 0.842. The number of aromatic nitrogens is 2. The summed E-state index contributed by atoms with van der Waals surface area (Å²) >= 11 is 17.6. The first-order valence-corrected chi connectivity index (χ1v) is 6.77. The van der Waals surface area contributed by atoms with Gasteiger partial charge < -0.3 is 11.1 Å². The average molecular weight is 334 g/mol. The fraction of sp³-hybridized carbons (Fsp3) is 0.167. The van der Waals surface area contributed by atoms with Gasteiger partial charge >= 0.3 is 0 Å². The molecule has 1 atom stereocenters. The Morgan fingerprint density at radius 3 is 2.60 bits per heavy atom. The van der Waals surface area contributed by atoms with Crippen molar-refractivity contribution >= 4 is 52.1 Å². The van der Waals surface area contributed by atoms with Gasteiger partial charge in [-0.05, 0) is 19.1 Å². The summed E-state index contributed by atoms with van der Waals surface area (Å²) in [4.78, 5) is 12.1. The lowest BCUT2D eigenvalue weighted by Gasteiger charge is -2.15. The van der Waals surface area contributed by atoms with Crippen molar-refractivity contribution < 1.29 is 4.79 Å². The van der Waals surface area contributed by atoms with E-state index in [9.17, 15) is 4.79 Å². The van der Waals surface area contributed by atoms with Crippen LogP contribution in [0.2, 0.25) is 15.1 Å². The fourth-order valence-corrected chi connectivity index (χ4v) is 2.30. The number of carbonyl (C=O) groups is 1. The monoisotopic (exact) mass is 332 g/mol. The molecule has 0 aliphatic rings. The molecule has 106 valence electrons. The molecule has 0 aliphatic heterocycles. The molecule has 3 N–H and O–H groups in total. The molecule has 2 aromatic rings. The molecule has 0 spiro atoms. The molecule has 0 aliphatic carbocycles. The van der Waals surface area contributed by atoms with Crippen LogP contribution in [0.5, 0.6) is 0 Å². The van der Waals surface area contributed by atoms with Crippen molar-refractivity contribution in [1.29, 1.82) is 0 Å². The van der Waals surface area contributed by atoms with Gasteiger partial charge in [0.05, 0.1) is 27.6 Å². The van der Waals surface area contributed by atoms with Crippen molar-refractivity contribution in [2.24, 2.45) is 0 Å². The smallest absolute Gasteiger partial charge is 0.249 e. The average Bonchev–Trinajstić information content (AvgIpc) is 2.79. The molecule has 0 bridgehead atoms. The summed E-state index contributed by atoms with van der Waals surface area (Å²) in [5.74, 6) is -0.319. The minimum Gasteiger partial charge on any atom is -0.397 e. The van der Waals surface area contributed by atoms with E-state index in [1.807, 2.05) is 0 Å². The standard InChI is InChI=1S/C12H11Cl3N4O/c1-6(19-5-8(14)4-17-19)12(20)18-11-9(15)2-7(13)3-10(11)16/h2-6H,16H2,1H3,(H,18,20). The number of benzene rings is 1. The lowest BCUT2D eigenvalue weighted by atomic mass is 10.2. The van der Waals surface area contributed by atoms with Crippen molar-refractivity contribution in [1.82, 2.24) is 9.78 Å². The summed E-state index contributed by atoms with van der Waals surface area (Å²) in [6.45, 7) is 1.68. The molecule has 1 heterocycles. The number of nitrogens with one attached hydrogen (secondary N) is 1. The molecule has 5 nitrogen and oxygen atoms in total. The SMILES string of the molecule is CC(C(=O)Nc1c(N)cc(Cl)cc1Cl)n1cc(Cl)cn1. The maximum atomic E-state index is 12.1. The van der Waals surface area contributed by atoms with Crippen LogP contribution in [0.4, 0.5) is 11.4 Å². The largest absolute Gasteiger partial charge is 0.397 e. The molecular weight excluding hydrogens is 323 g/mol. The Kier molecular flexibility index (Phi) is 4.42. The Hall–Kier alpha value is -1.43. The van der Waals surface area contributed by atoms with Crippen molar-refractivity contribution in [2.45, 2.75) is 13.0 Å². The van der Waals surface area contributed by atoms with E-state index in [-0.39, 0.29) is 10.9 Å². The van der Waals surface area contributed by atoms with E-state index in [2.05, 4.69) is 10.4 Å². The Labute approximate surface area is 130 Å². The number of amides is 1. The van der Waals surface area contributed by atoms with Crippen LogP contribution in [0.3, 0.4) is 0 Å². The van der Waals surface area contributed by atoms with Gasteiger partial charge in [-0.3, -0.25) is 9.48 Å². The molecular formula is C12H11Cl3N4O. The fourth-order valence-electron chi connectivity index (χ4n) is 1.60. The molecule has 20 heavy (non-hydrogen) atoms. The van der Waals surface area contributed by atoms with Crippen molar-refractivity contribution in [2.75, 3.05) is 11.1 Å². The molecule has 0 saturated carbocycles. The lowest BCUT2D eigenvalue weighted by molar-refractivity contribution is -0.119. The zero-order valence-corrected chi connectivity index (χ0v) is 12.7. The third kappa shape index (κ3) is 3.17. The summed E-state index contributed by atoms with van der Waals surface area (Å²) in [6, 6.07) is 2.46. The van der Waals surface area contributed by atoms with E-state index in [1.165, 1.54) is 23.0 Å². The second-order valence-corrected chi connectivity index (χ2v) is 5.44. The van der Waals surface area contributed by atoms with Gasteiger partial charge in [0.15, 0.2) is 0 Å². The second kappa shape index (κ2) is 5.91. The van der Waals surface area contributed by atoms with Crippen LogP contribution in [0.15, 0.2) is 24.5 Å². The van der Waals surface area contributed by atoms with Crippen LogP contribution in [-0.4, -0.2) is 15.7 Å². The van der Waals surface area contributed by atoms with Gasteiger partial charge in [0.1, 0.15) is 6.04 Å². The topological polar surface area (TPSA) is 72.9 Å². The summed E-state index contributed by atoms with van der Waals surface area (Å²) in [7, 11) is 0. The Balaban J connectivity index is 2.20. The van der Waals surface area contributed by atoms with Gasteiger partial charge in [-0.2, -0.15) is 5.10 Å². The molecule has 1 aromatic heterocycles. The first-order valence-electron chi connectivity index (χ1n) is 5.63. The summed E-state index contributed by atoms with van der Waals surface area (Å²) in [5, 5.41) is 7.76. The minimum atomic E-state index is -0.561. The first-order chi connectivity index (χ1) is 9.38. The number of carbonyl (C=O) groups excluding carboxylic acids is 1. The maximum Gasteiger partial charge on any atom is 0.249 e. The number of hydrogen-bond donors (Lipinski definition) is 2. The molecule has 0 saturated heterocycles. The molecule has 1 amide bonds. The number of hydrogen-bond acceptors (Lipinski definition) is 3. The first kappa shape index (κ1) is 15.0. The highest BCUT2D eigenvalue weighted by Crippen LogP contribution is 2.32. The van der Waals surface area contributed by atoms with Crippen LogP contribution >= 0.6 is 34.8 Å². The van der Waals surface area contributed by atoms with E-state index >= 15 is 0 Å². The van der Waals surface area contributed by atoms with E-state index in [4.69, 9.17) is 40.5 Å². The number of rotatable bonds is 3. The normalized spacial score (nSPS) is 12.2. The van der Waals surface area contributed by atoms with Gasteiger partial charge in [0, 0.05) is 11.2 Å². The van der Waals surface area contributed by atoms with Gasteiger partial charge in [-0.1, -0.05) is 34.8 Å². The van der Waals surface area contributed by atoms with E-state index in [1.54, 1.807) is 13.1 Å². The number of halogens is 3. The lowest BCUT2D eigenvalue weighted by Crippen LogP contribution is -2.24. The molecule has 0 radical (unpaired) electrons. The summed E-state index contributed by atoms with van der Waals surface area (Å²) in [5.41, 5.74) is 6.40. The number of anilines is 2. The molecule has 1 aromatic carbocycles.